The van der Waals surface area contributed by atoms with E-state index in [-0.39, 0.29) is 18.0 Å². The number of hydrogen-bond acceptors (Lipinski definition) is 5. The Bertz CT molecular complexity index is 815. The van der Waals surface area contributed by atoms with Crippen molar-refractivity contribution in [3.63, 3.8) is 0 Å². The molecule has 1 unspecified atom stereocenters. The van der Waals surface area contributed by atoms with E-state index < -0.39 is 0 Å². The molecule has 1 heterocycles. The fourth-order valence-corrected chi connectivity index (χ4v) is 4.10. The van der Waals surface area contributed by atoms with Gasteiger partial charge in [0, 0.05) is 18.6 Å². The van der Waals surface area contributed by atoms with Gasteiger partial charge in [-0.3, -0.25) is 10.0 Å². The van der Waals surface area contributed by atoms with Gasteiger partial charge in [0.25, 0.3) is 0 Å². The molecule has 28 heavy (non-hydrogen) atoms. The maximum absolute atomic E-state index is 12.5. The Morgan fingerprint density at radius 2 is 1.86 bits per heavy atom. The lowest BCUT2D eigenvalue weighted by atomic mass is 9.97. The molecular formula is C22H29N3O2S. The first-order chi connectivity index (χ1) is 13.4. The van der Waals surface area contributed by atoms with Crippen molar-refractivity contribution < 1.29 is 10.0 Å². The highest BCUT2D eigenvalue weighted by Crippen LogP contribution is 2.32. The molecule has 0 bridgehead atoms. The quantitative estimate of drug-likeness (QED) is 0.534. The molecule has 0 spiro atoms. The Morgan fingerprint density at radius 1 is 1.14 bits per heavy atom. The smallest absolute Gasteiger partial charge is 0.227 e. The third-order valence-corrected chi connectivity index (χ3v) is 6.51. The standard InChI is InChI=1S/C22H29N3O2S/c1-5-16(2)24-15-19-11-12-21(13-20(19)14-22(24)26)25(27)28-23(4)17(3)18-9-7-6-8-10-18/h6-13,16-17,27H,5,14-15H2,1-4H3/t16?,17-/m0/s1. The fourth-order valence-electron chi connectivity index (χ4n) is 3.39. The normalized spacial score (nSPS) is 16.1. The van der Waals surface area contributed by atoms with Gasteiger partial charge in [-0.05, 0) is 56.1 Å². The SMILES string of the molecule is CCC(C)N1Cc2ccc(N(O)SN(C)[C@@H](C)c3ccccc3)cc2CC1=O. The van der Waals surface area contributed by atoms with Crippen molar-refractivity contribution in [3.05, 3.63) is 65.2 Å². The first kappa shape index (κ1) is 20.7. The molecule has 0 saturated carbocycles. The van der Waals surface area contributed by atoms with Gasteiger partial charge in [0.15, 0.2) is 0 Å². The minimum atomic E-state index is 0.143. The van der Waals surface area contributed by atoms with Crippen molar-refractivity contribution >= 4 is 23.7 Å². The molecule has 0 radical (unpaired) electrons. The lowest BCUT2D eigenvalue weighted by Crippen LogP contribution is -2.41. The van der Waals surface area contributed by atoms with Crippen LogP contribution in [-0.2, 0) is 17.8 Å². The fraction of sp³-hybridized carbons (Fsp3) is 0.409. The molecular weight excluding hydrogens is 370 g/mol. The second kappa shape index (κ2) is 8.99. The molecule has 0 aromatic heterocycles. The summed E-state index contributed by atoms with van der Waals surface area (Å²) in [6, 6.07) is 16.5. The van der Waals surface area contributed by atoms with Crippen molar-refractivity contribution in [1.82, 2.24) is 9.21 Å². The van der Waals surface area contributed by atoms with Gasteiger partial charge < -0.3 is 4.90 Å². The van der Waals surface area contributed by atoms with Gasteiger partial charge in [-0.25, -0.2) is 4.31 Å². The van der Waals surface area contributed by atoms with Gasteiger partial charge in [0.1, 0.15) is 0 Å². The van der Waals surface area contributed by atoms with Crippen molar-refractivity contribution in [2.24, 2.45) is 0 Å². The van der Waals surface area contributed by atoms with E-state index in [1.54, 1.807) is 0 Å². The molecule has 6 heteroatoms. The summed E-state index contributed by atoms with van der Waals surface area (Å²) in [5.41, 5.74) is 4.03. The van der Waals surface area contributed by atoms with Crippen molar-refractivity contribution in [3.8, 4) is 0 Å². The van der Waals surface area contributed by atoms with Crippen molar-refractivity contribution in [2.75, 3.05) is 11.5 Å². The highest BCUT2D eigenvalue weighted by Gasteiger charge is 2.27. The van der Waals surface area contributed by atoms with Crippen LogP contribution < -0.4 is 4.47 Å². The first-order valence-corrected chi connectivity index (χ1v) is 10.5. The number of hydrogen-bond donors (Lipinski definition) is 1. The Balaban J connectivity index is 1.69. The van der Waals surface area contributed by atoms with Gasteiger partial charge in [-0.2, -0.15) is 4.47 Å². The predicted molar refractivity (Wildman–Crippen MR) is 115 cm³/mol. The maximum atomic E-state index is 12.5. The van der Waals surface area contributed by atoms with Gasteiger partial charge in [0.2, 0.25) is 5.91 Å². The average molecular weight is 400 g/mol. The molecule has 150 valence electrons. The molecule has 1 amide bonds. The average Bonchev–Trinajstić information content (AvgIpc) is 2.72. The lowest BCUT2D eigenvalue weighted by Gasteiger charge is -2.34. The number of fused-ring (bicyclic) bond motifs is 1. The molecule has 2 atom stereocenters. The van der Waals surface area contributed by atoms with Crippen LogP contribution in [0.4, 0.5) is 5.69 Å². The van der Waals surface area contributed by atoms with E-state index in [1.807, 2.05) is 52.7 Å². The molecule has 1 N–H and O–H groups in total. The highest BCUT2D eigenvalue weighted by molar-refractivity contribution is 7.98. The number of benzene rings is 2. The van der Waals surface area contributed by atoms with E-state index in [0.29, 0.717) is 18.7 Å². The maximum Gasteiger partial charge on any atom is 0.227 e. The largest absolute Gasteiger partial charge is 0.335 e. The molecule has 2 aromatic rings. The topological polar surface area (TPSA) is 47.0 Å². The van der Waals surface area contributed by atoms with Gasteiger partial charge >= 0.3 is 0 Å². The molecule has 2 aromatic carbocycles. The summed E-state index contributed by atoms with van der Waals surface area (Å²) in [5.74, 6) is 0.158. The molecule has 1 aliphatic heterocycles. The number of rotatable bonds is 7. The first-order valence-electron chi connectivity index (χ1n) is 9.76. The lowest BCUT2D eigenvalue weighted by molar-refractivity contribution is -0.134. The number of amides is 1. The number of nitrogens with zero attached hydrogens (tertiary/aromatic N) is 3. The number of anilines is 1. The van der Waals surface area contributed by atoms with Crippen LogP contribution in [0.2, 0.25) is 0 Å². The molecule has 5 nitrogen and oxygen atoms in total. The molecule has 0 fully saturated rings. The zero-order valence-corrected chi connectivity index (χ0v) is 17.8. The molecule has 1 aliphatic rings. The Hall–Kier alpha value is -2.02. The third-order valence-electron chi connectivity index (χ3n) is 5.57. The van der Waals surface area contributed by atoms with Gasteiger partial charge in [0.05, 0.1) is 24.2 Å². The summed E-state index contributed by atoms with van der Waals surface area (Å²) in [7, 11) is 1.96. The zero-order chi connectivity index (χ0) is 20.3. The zero-order valence-electron chi connectivity index (χ0n) is 17.0. The summed E-state index contributed by atoms with van der Waals surface area (Å²) in [6.45, 7) is 6.94. The Labute approximate surface area is 172 Å². The van der Waals surface area contributed by atoms with Crippen LogP contribution in [-0.4, -0.2) is 33.4 Å². The third kappa shape index (κ3) is 4.51. The van der Waals surface area contributed by atoms with E-state index in [1.165, 1.54) is 22.2 Å². The Kier molecular flexibility index (Phi) is 6.65. The van der Waals surface area contributed by atoms with Gasteiger partial charge in [-0.15, -0.1) is 0 Å². The number of carbonyl (C=O) groups excluding carboxylic acids is 1. The second-order valence-electron chi connectivity index (χ2n) is 7.40. The molecule has 0 aliphatic carbocycles. The monoisotopic (exact) mass is 399 g/mol. The van der Waals surface area contributed by atoms with Gasteiger partial charge in [-0.1, -0.05) is 43.3 Å². The van der Waals surface area contributed by atoms with E-state index in [2.05, 4.69) is 32.9 Å². The van der Waals surface area contributed by atoms with Crippen LogP contribution >= 0.6 is 12.1 Å². The van der Waals surface area contributed by atoms with Crippen LogP contribution in [0.3, 0.4) is 0 Å². The molecule has 3 rings (SSSR count). The number of carbonyl (C=O) groups is 1. The van der Waals surface area contributed by atoms with Crippen LogP contribution in [0.1, 0.15) is 49.9 Å². The predicted octanol–water partition coefficient (Wildman–Crippen LogP) is 4.82. The van der Waals surface area contributed by atoms with Crippen LogP contribution in [0.15, 0.2) is 48.5 Å². The van der Waals surface area contributed by atoms with E-state index in [0.717, 1.165) is 17.5 Å². The van der Waals surface area contributed by atoms with E-state index in [4.69, 9.17) is 0 Å². The summed E-state index contributed by atoms with van der Waals surface area (Å²) in [4.78, 5) is 14.4. The summed E-state index contributed by atoms with van der Waals surface area (Å²) in [5, 5.41) is 10.6. The van der Waals surface area contributed by atoms with E-state index >= 15 is 0 Å². The summed E-state index contributed by atoms with van der Waals surface area (Å²) in [6.07, 6.45) is 1.34. The van der Waals surface area contributed by atoms with Crippen LogP contribution in [0, 0.1) is 0 Å². The molecule has 0 saturated heterocycles. The summed E-state index contributed by atoms with van der Waals surface area (Å²) >= 11 is 1.24. The second-order valence-corrected chi connectivity index (χ2v) is 8.48. The summed E-state index contributed by atoms with van der Waals surface area (Å²) < 4.78 is 3.18. The highest BCUT2D eigenvalue weighted by atomic mass is 32.2. The van der Waals surface area contributed by atoms with Crippen LogP contribution in [0.25, 0.3) is 0 Å². The minimum absolute atomic E-state index is 0.143. The van der Waals surface area contributed by atoms with Crippen molar-refractivity contribution in [2.45, 2.75) is 52.2 Å². The van der Waals surface area contributed by atoms with Crippen LogP contribution in [0.5, 0.6) is 0 Å². The van der Waals surface area contributed by atoms with Crippen molar-refractivity contribution in [1.29, 1.82) is 0 Å². The minimum Gasteiger partial charge on any atom is -0.335 e. The van der Waals surface area contributed by atoms with E-state index in [9.17, 15) is 10.0 Å². The Morgan fingerprint density at radius 3 is 2.54 bits per heavy atom.